The molecule has 1 aromatic heterocycles. The molecule has 2 aromatic rings. The number of fused-ring (bicyclic) bond motifs is 1. The maximum Gasteiger partial charge on any atom is 0.258 e. The summed E-state index contributed by atoms with van der Waals surface area (Å²) >= 11 is 1.58. The van der Waals surface area contributed by atoms with Crippen LogP contribution in [-0.2, 0) is 17.6 Å². The smallest absolute Gasteiger partial charge is 0.258 e. The van der Waals surface area contributed by atoms with Gasteiger partial charge in [0.1, 0.15) is 10.8 Å². The molecule has 2 heterocycles. The molecule has 7 heteroatoms. The summed E-state index contributed by atoms with van der Waals surface area (Å²) in [5.41, 5.74) is 2.67. The van der Waals surface area contributed by atoms with E-state index in [0.29, 0.717) is 35.3 Å². The molecule has 0 bridgehead atoms. The standard InChI is InChI=1S/C27H37N3O3S/c1-5-33-20-11-9-19(10-12-20)28-25(32)24-21-13-8-18(27(2,3)4)16-22(21)34-26(24)29-23(31)17-30-14-6-7-15-30/h9-12,18H,5-8,13-17H2,1-4H3,(H,28,32)(H,29,31)/t18-/m0/s1. The van der Waals surface area contributed by atoms with Crippen LogP contribution in [0.5, 0.6) is 5.75 Å². The maximum absolute atomic E-state index is 13.5. The van der Waals surface area contributed by atoms with Crippen LogP contribution in [0.25, 0.3) is 0 Å². The summed E-state index contributed by atoms with van der Waals surface area (Å²) in [6.07, 6.45) is 5.16. The molecule has 184 valence electrons. The Labute approximate surface area is 207 Å². The van der Waals surface area contributed by atoms with Crippen molar-refractivity contribution in [1.29, 1.82) is 0 Å². The van der Waals surface area contributed by atoms with E-state index in [0.717, 1.165) is 56.5 Å². The number of carbonyl (C=O) groups excluding carboxylic acids is 2. The number of ether oxygens (including phenoxy) is 1. The monoisotopic (exact) mass is 483 g/mol. The van der Waals surface area contributed by atoms with Crippen LogP contribution in [-0.4, -0.2) is 43.0 Å². The third-order valence-electron chi connectivity index (χ3n) is 6.96. The van der Waals surface area contributed by atoms with E-state index >= 15 is 0 Å². The number of rotatable bonds is 7. The summed E-state index contributed by atoms with van der Waals surface area (Å²) in [5.74, 6) is 1.14. The van der Waals surface area contributed by atoms with E-state index in [-0.39, 0.29) is 17.2 Å². The van der Waals surface area contributed by atoms with Gasteiger partial charge >= 0.3 is 0 Å². The highest BCUT2D eigenvalue weighted by Crippen LogP contribution is 2.44. The Hall–Kier alpha value is -2.38. The quantitative estimate of drug-likeness (QED) is 0.539. The summed E-state index contributed by atoms with van der Waals surface area (Å²) in [6, 6.07) is 7.41. The minimum Gasteiger partial charge on any atom is -0.494 e. The van der Waals surface area contributed by atoms with E-state index in [9.17, 15) is 9.59 Å². The van der Waals surface area contributed by atoms with Crippen LogP contribution in [0, 0.1) is 11.3 Å². The first-order valence-corrected chi connectivity index (χ1v) is 13.3. The number of likely N-dealkylation sites (tertiary alicyclic amines) is 1. The van der Waals surface area contributed by atoms with Gasteiger partial charge < -0.3 is 15.4 Å². The first kappa shape index (κ1) is 24.7. The maximum atomic E-state index is 13.5. The first-order chi connectivity index (χ1) is 16.2. The number of nitrogens with zero attached hydrogens (tertiary/aromatic N) is 1. The van der Waals surface area contributed by atoms with Gasteiger partial charge in [-0.1, -0.05) is 20.8 Å². The fourth-order valence-corrected chi connectivity index (χ4v) is 6.30. The number of nitrogens with one attached hydrogen (secondary N) is 2. The topological polar surface area (TPSA) is 70.7 Å². The minimum atomic E-state index is -0.160. The van der Waals surface area contributed by atoms with E-state index in [4.69, 9.17) is 4.74 Å². The molecule has 4 rings (SSSR count). The Morgan fingerprint density at radius 1 is 1.12 bits per heavy atom. The average Bonchev–Trinajstić information content (AvgIpc) is 3.41. The largest absolute Gasteiger partial charge is 0.494 e. The zero-order chi connectivity index (χ0) is 24.3. The molecule has 0 saturated carbocycles. The molecular formula is C27H37N3O3S. The van der Waals surface area contributed by atoms with Gasteiger partial charge in [-0.15, -0.1) is 11.3 Å². The van der Waals surface area contributed by atoms with Crippen molar-refractivity contribution in [2.75, 3.05) is 36.9 Å². The van der Waals surface area contributed by atoms with Gasteiger partial charge in [0.25, 0.3) is 5.91 Å². The van der Waals surface area contributed by atoms with Crippen molar-refractivity contribution in [1.82, 2.24) is 4.90 Å². The molecule has 0 spiro atoms. The predicted molar refractivity (Wildman–Crippen MR) is 139 cm³/mol. The fraction of sp³-hybridized carbons (Fsp3) is 0.556. The molecule has 2 N–H and O–H groups in total. The van der Waals surface area contributed by atoms with Crippen LogP contribution in [0.2, 0.25) is 0 Å². The second-order valence-corrected chi connectivity index (χ2v) is 11.6. The summed E-state index contributed by atoms with van der Waals surface area (Å²) in [7, 11) is 0. The number of thiophene rings is 1. The van der Waals surface area contributed by atoms with Crippen LogP contribution >= 0.6 is 11.3 Å². The Balaban J connectivity index is 1.57. The van der Waals surface area contributed by atoms with Crippen molar-refractivity contribution >= 4 is 33.8 Å². The van der Waals surface area contributed by atoms with Crippen LogP contribution < -0.4 is 15.4 Å². The van der Waals surface area contributed by atoms with Crippen molar-refractivity contribution in [2.24, 2.45) is 11.3 Å². The summed E-state index contributed by atoms with van der Waals surface area (Å²) in [6.45, 7) is 11.7. The predicted octanol–water partition coefficient (Wildman–Crippen LogP) is 5.58. The Bertz CT molecular complexity index is 1020. The van der Waals surface area contributed by atoms with Crippen molar-refractivity contribution in [3.63, 3.8) is 0 Å². The minimum absolute atomic E-state index is 0.0389. The van der Waals surface area contributed by atoms with E-state index in [1.807, 2.05) is 31.2 Å². The molecule has 1 aromatic carbocycles. The lowest BCUT2D eigenvalue weighted by Crippen LogP contribution is -2.31. The summed E-state index contributed by atoms with van der Waals surface area (Å²) < 4.78 is 5.50. The Morgan fingerprint density at radius 2 is 1.82 bits per heavy atom. The van der Waals surface area contributed by atoms with E-state index < -0.39 is 0 Å². The van der Waals surface area contributed by atoms with Gasteiger partial charge in [0.05, 0.1) is 18.7 Å². The first-order valence-electron chi connectivity index (χ1n) is 12.5. The molecule has 1 saturated heterocycles. The Morgan fingerprint density at radius 3 is 2.47 bits per heavy atom. The second kappa shape index (κ2) is 10.5. The Kier molecular flexibility index (Phi) is 7.63. The molecular weight excluding hydrogens is 446 g/mol. The number of amides is 2. The van der Waals surface area contributed by atoms with Gasteiger partial charge in [0, 0.05) is 10.6 Å². The number of hydrogen-bond donors (Lipinski definition) is 2. The third-order valence-corrected chi connectivity index (χ3v) is 8.13. The van der Waals surface area contributed by atoms with Gasteiger partial charge in [-0.2, -0.15) is 0 Å². The van der Waals surface area contributed by atoms with Crippen molar-refractivity contribution in [3.05, 3.63) is 40.3 Å². The van der Waals surface area contributed by atoms with Crippen molar-refractivity contribution < 1.29 is 14.3 Å². The van der Waals surface area contributed by atoms with E-state index in [1.54, 1.807) is 11.3 Å². The van der Waals surface area contributed by atoms with Crippen LogP contribution in [0.3, 0.4) is 0 Å². The lowest BCUT2D eigenvalue weighted by Gasteiger charge is -2.33. The average molecular weight is 484 g/mol. The molecule has 34 heavy (non-hydrogen) atoms. The summed E-state index contributed by atoms with van der Waals surface area (Å²) in [4.78, 5) is 29.7. The van der Waals surface area contributed by atoms with E-state index in [1.165, 1.54) is 4.88 Å². The SMILES string of the molecule is CCOc1ccc(NC(=O)c2c(NC(=O)CN3CCCC3)sc3c2CC[C@H](C(C)(C)C)C3)cc1. The van der Waals surface area contributed by atoms with Crippen LogP contribution in [0.15, 0.2) is 24.3 Å². The summed E-state index contributed by atoms with van der Waals surface area (Å²) in [5, 5.41) is 6.83. The molecule has 1 fully saturated rings. The number of carbonyl (C=O) groups is 2. The zero-order valence-corrected chi connectivity index (χ0v) is 21.6. The molecule has 2 aliphatic rings. The lowest BCUT2D eigenvalue weighted by molar-refractivity contribution is -0.117. The van der Waals surface area contributed by atoms with Crippen molar-refractivity contribution in [2.45, 2.75) is 59.8 Å². The third kappa shape index (κ3) is 5.81. The van der Waals surface area contributed by atoms with Crippen molar-refractivity contribution in [3.8, 4) is 5.75 Å². The molecule has 6 nitrogen and oxygen atoms in total. The number of anilines is 2. The zero-order valence-electron chi connectivity index (χ0n) is 20.8. The second-order valence-electron chi connectivity index (χ2n) is 10.5. The van der Waals surface area contributed by atoms with Gasteiger partial charge in [-0.3, -0.25) is 14.5 Å². The molecule has 2 amide bonds. The highest BCUT2D eigenvalue weighted by atomic mass is 32.1. The normalized spacial score (nSPS) is 18.4. The highest BCUT2D eigenvalue weighted by Gasteiger charge is 2.34. The van der Waals surface area contributed by atoms with Gasteiger partial charge in [-0.05, 0) is 93.3 Å². The van der Waals surface area contributed by atoms with Gasteiger partial charge in [0.2, 0.25) is 5.91 Å². The fourth-order valence-electron chi connectivity index (χ4n) is 4.96. The molecule has 1 aliphatic heterocycles. The molecule has 0 unspecified atom stereocenters. The molecule has 1 atom stereocenters. The van der Waals surface area contributed by atoms with Crippen LogP contribution in [0.4, 0.5) is 10.7 Å². The molecule has 1 aliphatic carbocycles. The lowest BCUT2D eigenvalue weighted by atomic mass is 9.72. The van der Waals surface area contributed by atoms with Gasteiger partial charge in [-0.25, -0.2) is 0 Å². The van der Waals surface area contributed by atoms with Gasteiger partial charge in [0.15, 0.2) is 0 Å². The number of benzene rings is 1. The highest BCUT2D eigenvalue weighted by molar-refractivity contribution is 7.17. The number of hydrogen-bond acceptors (Lipinski definition) is 5. The van der Waals surface area contributed by atoms with E-state index in [2.05, 4.69) is 36.3 Å². The van der Waals surface area contributed by atoms with Crippen LogP contribution in [0.1, 0.15) is 67.8 Å². The molecule has 0 radical (unpaired) electrons.